The van der Waals surface area contributed by atoms with Crippen LogP contribution in [0.2, 0.25) is 0 Å². The number of benzene rings is 1. The minimum Gasteiger partial charge on any atom is -0.393 e. The molecule has 1 aliphatic rings. The van der Waals surface area contributed by atoms with Crippen LogP contribution in [0.25, 0.3) is 0 Å². The Hall–Kier alpha value is -2.14. The van der Waals surface area contributed by atoms with E-state index < -0.39 is 0 Å². The molecule has 128 valence electrons. The maximum absolute atomic E-state index is 12.4. The lowest BCUT2D eigenvalue weighted by Crippen LogP contribution is -2.41. The second-order valence-corrected chi connectivity index (χ2v) is 6.76. The molecule has 3 N–H and O–H groups in total. The van der Waals surface area contributed by atoms with Gasteiger partial charge in [0.05, 0.1) is 17.8 Å². The monoisotopic (exact) mass is 327 g/mol. The highest BCUT2D eigenvalue weighted by molar-refractivity contribution is 5.76. The van der Waals surface area contributed by atoms with Crippen molar-refractivity contribution < 1.29 is 9.90 Å². The van der Waals surface area contributed by atoms with Gasteiger partial charge >= 0.3 is 0 Å². The molecular formula is C19H25N3O2. The standard InChI is InChI=1S/C19H25N3O2/c1-12-13(2)21-22-17(12)8-9-18(24)20-19(15-10-16(23)11-15)14-6-4-3-5-7-14/h3-7,15-16,19,23H,8-11H2,1-2H3,(H,20,24)(H,21,22). The van der Waals surface area contributed by atoms with E-state index in [0.717, 1.165) is 35.4 Å². The molecule has 2 aromatic rings. The average molecular weight is 327 g/mol. The van der Waals surface area contributed by atoms with Crippen LogP contribution in [0.3, 0.4) is 0 Å². The van der Waals surface area contributed by atoms with E-state index in [2.05, 4.69) is 15.5 Å². The van der Waals surface area contributed by atoms with E-state index in [0.29, 0.717) is 18.8 Å². The van der Waals surface area contributed by atoms with Crippen molar-refractivity contribution in [1.29, 1.82) is 0 Å². The molecule has 0 spiro atoms. The van der Waals surface area contributed by atoms with E-state index in [1.54, 1.807) is 0 Å². The molecule has 1 heterocycles. The summed E-state index contributed by atoms with van der Waals surface area (Å²) in [6.07, 6.45) is 2.32. The molecule has 5 heteroatoms. The zero-order valence-corrected chi connectivity index (χ0v) is 14.2. The summed E-state index contributed by atoms with van der Waals surface area (Å²) in [4.78, 5) is 12.4. The zero-order chi connectivity index (χ0) is 17.1. The number of H-pyrrole nitrogens is 1. The summed E-state index contributed by atoms with van der Waals surface area (Å²) >= 11 is 0. The first kappa shape index (κ1) is 16.7. The number of amides is 1. The van der Waals surface area contributed by atoms with Crippen molar-refractivity contribution in [3.8, 4) is 0 Å². The number of aliphatic hydroxyl groups excluding tert-OH is 1. The van der Waals surface area contributed by atoms with Gasteiger partial charge in [-0.15, -0.1) is 0 Å². The Balaban J connectivity index is 1.62. The van der Waals surface area contributed by atoms with Crippen LogP contribution in [-0.4, -0.2) is 27.3 Å². The molecule has 1 aromatic carbocycles. The Morgan fingerprint density at radius 3 is 2.62 bits per heavy atom. The van der Waals surface area contributed by atoms with Crippen molar-refractivity contribution in [1.82, 2.24) is 15.5 Å². The first-order valence-corrected chi connectivity index (χ1v) is 8.57. The van der Waals surface area contributed by atoms with Gasteiger partial charge in [0.1, 0.15) is 0 Å². The molecule has 1 aliphatic carbocycles. The van der Waals surface area contributed by atoms with E-state index in [1.807, 2.05) is 44.2 Å². The summed E-state index contributed by atoms with van der Waals surface area (Å²) in [5, 5.41) is 20.0. The van der Waals surface area contributed by atoms with Gasteiger partial charge in [0, 0.05) is 18.5 Å². The molecule has 1 aromatic heterocycles. The van der Waals surface area contributed by atoms with Crippen LogP contribution in [0.5, 0.6) is 0 Å². The number of hydrogen-bond donors (Lipinski definition) is 3. The SMILES string of the molecule is Cc1[nH]nc(CCC(=O)NC(c2ccccc2)C2CC(O)C2)c1C. The molecule has 24 heavy (non-hydrogen) atoms. The van der Waals surface area contributed by atoms with Crippen molar-refractivity contribution in [3.05, 3.63) is 52.8 Å². The van der Waals surface area contributed by atoms with Gasteiger partial charge in [-0.1, -0.05) is 30.3 Å². The lowest BCUT2D eigenvalue weighted by molar-refractivity contribution is -0.123. The number of nitrogens with zero attached hydrogens (tertiary/aromatic N) is 1. The van der Waals surface area contributed by atoms with E-state index in [1.165, 1.54) is 0 Å². The number of hydrogen-bond acceptors (Lipinski definition) is 3. The van der Waals surface area contributed by atoms with Gasteiger partial charge in [-0.05, 0) is 43.7 Å². The molecule has 1 amide bonds. The zero-order valence-electron chi connectivity index (χ0n) is 14.2. The third kappa shape index (κ3) is 3.67. The van der Waals surface area contributed by atoms with Gasteiger partial charge < -0.3 is 10.4 Å². The van der Waals surface area contributed by atoms with Crippen LogP contribution < -0.4 is 5.32 Å². The molecule has 0 aliphatic heterocycles. The molecule has 0 radical (unpaired) electrons. The van der Waals surface area contributed by atoms with Crippen LogP contribution in [0, 0.1) is 19.8 Å². The van der Waals surface area contributed by atoms with E-state index >= 15 is 0 Å². The predicted molar refractivity (Wildman–Crippen MR) is 92.4 cm³/mol. The Labute approximate surface area is 142 Å². The molecule has 1 unspecified atom stereocenters. The summed E-state index contributed by atoms with van der Waals surface area (Å²) in [6, 6.07) is 10.00. The number of aromatic amines is 1. The van der Waals surface area contributed by atoms with E-state index in [-0.39, 0.29) is 18.1 Å². The molecule has 0 saturated heterocycles. The van der Waals surface area contributed by atoms with Crippen LogP contribution in [0.1, 0.15) is 47.8 Å². The summed E-state index contributed by atoms with van der Waals surface area (Å²) in [7, 11) is 0. The summed E-state index contributed by atoms with van der Waals surface area (Å²) in [6.45, 7) is 4.01. The van der Waals surface area contributed by atoms with Gasteiger partial charge in [0.25, 0.3) is 0 Å². The molecule has 1 saturated carbocycles. The highest BCUT2D eigenvalue weighted by atomic mass is 16.3. The Kier molecular flexibility index (Phi) is 5.00. The van der Waals surface area contributed by atoms with Crippen molar-refractivity contribution in [2.45, 2.75) is 51.7 Å². The summed E-state index contributed by atoms with van der Waals surface area (Å²) < 4.78 is 0. The number of aliphatic hydroxyl groups is 1. The van der Waals surface area contributed by atoms with E-state index in [9.17, 15) is 9.90 Å². The smallest absolute Gasteiger partial charge is 0.220 e. The van der Waals surface area contributed by atoms with Gasteiger partial charge in [-0.2, -0.15) is 5.10 Å². The minimum atomic E-state index is -0.229. The van der Waals surface area contributed by atoms with Crippen molar-refractivity contribution >= 4 is 5.91 Å². The minimum absolute atomic E-state index is 0.0240. The fourth-order valence-electron chi connectivity index (χ4n) is 3.29. The first-order valence-electron chi connectivity index (χ1n) is 8.57. The summed E-state index contributed by atoms with van der Waals surface area (Å²) in [5.74, 6) is 0.339. The molecule has 5 nitrogen and oxygen atoms in total. The number of rotatable bonds is 6. The van der Waals surface area contributed by atoms with Gasteiger partial charge in [0.2, 0.25) is 5.91 Å². The first-order chi connectivity index (χ1) is 11.5. The topological polar surface area (TPSA) is 78.0 Å². The highest BCUT2D eigenvalue weighted by Gasteiger charge is 2.35. The molecule has 3 rings (SSSR count). The van der Waals surface area contributed by atoms with Crippen LogP contribution in [0.15, 0.2) is 30.3 Å². The van der Waals surface area contributed by atoms with Crippen molar-refractivity contribution in [2.75, 3.05) is 0 Å². The average Bonchev–Trinajstić information content (AvgIpc) is 2.88. The Morgan fingerprint density at radius 2 is 2.04 bits per heavy atom. The number of carbonyl (C=O) groups is 1. The predicted octanol–water partition coefficient (Wildman–Crippen LogP) is 2.59. The fourth-order valence-corrected chi connectivity index (χ4v) is 3.29. The largest absolute Gasteiger partial charge is 0.393 e. The maximum atomic E-state index is 12.4. The normalized spacial score (nSPS) is 21.1. The lowest BCUT2D eigenvalue weighted by atomic mass is 9.75. The molecule has 1 atom stereocenters. The number of aromatic nitrogens is 2. The van der Waals surface area contributed by atoms with Gasteiger partial charge in [0.15, 0.2) is 0 Å². The van der Waals surface area contributed by atoms with Crippen LogP contribution >= 0.6 is 0 Å². The van der Waals surface area contributed by atoms with Crippen LogP contribution in [-0.2, 0) is 11.2 Å². The summed E-state index contributed by atoms with van der Waals surface area (Å²) in [5.41, 5.74) is 4.24. The number of aryl methyl sites for hydroxylation is 2. The third-order valence-corrected chi connectivity index (χ3v) is 5.04. The van der Waals surface area contributed by atoms with E-state index in [4.69, 9.17) is 0 Å². The highest BCUT2D eigenvalue weighted by Crippen LogP contribution is 2.38. The van der Waals surface area contributed by atoms with Gasteiger partial charge in [-0.3, -0.25) is 9.89 Å². The quantitative estimate of drug-likeness (QED) is 0.763. The molecule has 1 fully saturated rings. The second kappa shape index (κ2) is 7.18. The van der Waals surface area contributed by atoms with Crippen LogP contribution in [0.4, 0.5) is 0 Å². The van der Waals surface area contributed by atoms with Crippen molar-refractivity contribution in [3.63, 3.8) is 0 Å². The van der Waals surface area contributed by atoms with Crippen molar-refractivity contribution in [2.24, 2.45) is 5.92 Å². The molecular weight excluding hydrogens is 302 g/mol. The third-order valence-electron chi connectivity index (χ3n) is 5.04. The number of nitrogens with one attached hydrogen (secondary N) is 2. The second-order valence-electron chi connectivity index (χ2n) is 6.76. The lowest BCUT2D eigenvalue weighted by Gasteiger charge is -2.38. The Bertz CT molecular complexity index is 690. The Morgan fingerprint density at radius 1 is 1.33 bits per heavy atom. The maximum Gasteiger partial charge on any atom is 0.220 e. The molecule has 0 bridgehead atoms. The fraction of sp³-hybridized carbons (Fsp3) is 0.474. The number of carbonyl (C=O) groups excluding carboxylic acids is 1. The van der Waals surface area contributed by atoms with Gasteiger partial charge in [-0.25, -0.2) is 0 Å².